The van der Waals surface area contributed by atoms with Crippen LogP contribution < -0.4 is 0 Å². The van der Waals surface area contributed by atoms with Crippen LogP contribution >= 0.6 is 0 Å². The Kier molecular flexibility index (Phi) is 5.03. The molecule has 0 bridgehead atoms. The Morgan fingerprint density at radius 1 is 1.00 bits per heavy atom. The Bertz CT molecular complexity index is 955. The molecule has 1 saturated heterocycles. The number of rotatable bonds is 5. The molecular formula is C22H21NO4. The SMILES string of the molecule is O=C(COC(=O)C1CCOCC1)c1c(-c2ccccc2)[nH]c2ccccc12. The first-order chi connectivity index (χ1) is 13.2. The smallest absolute Gasteiger partial charge is 0.309 e. The van der Waals surface area contributed by atoms with Gasteiger partial charge < -0.3 is 14.5 Å². The van der Waals surface area contributed by atoms with Crippen molar-refractivity contribution >= 4 is 22.7 Å². The van der Waals surface area contributed by atoms with Gasteiger partial charge in [-0.05, 0) is 24.5 Å². The van der Waals surface area contributed by atoms with Crippen LogP contribution in [0.2, 0.25) is 0 Å². The summed E-state index contributed by atoms with van der Waals surface area (Å²) in [6.45, 7) is 0.876. The molecular weight excluding hydrogens is 342 g/mol. The maximum absolute atomic E-state index is 13.0. The van der Waals surface area contributed by atoms with Crippen molar-refractivity contribution in [3.8, 4) is 11.3 Å². The second-order valence-corrected chi connectivity index (χ2v) is 6.70. The van der Waals surface area contributed by atoms with Crippen molar-refractivity contribution in [1.29, 1.82) is 0 Å². The first kappa shape index (κ1) is 17.5. The molecule has 0 atom stereocenters. The van der Waals surface area contributed by atoms with Crippen molar-refractivity contribution < 1.29 is 19.1 Å². The predicted octanol–water partition coefficient (Wildman–Crippen LogP) is 3.99. The second-order valence-electron chi connectivity index (χ2n) is 6.70. The van der Waals surface area contributed by atoms with Crippen LogP contribution in [0.5, 0.6) is 0 Å². The minimum Gasteiger partial charge on any atom is -0.457 e. The van der Waals surface area contributed by atoms with Crippen LogP contribution in [-0.4, -0.2) is 36.6 Å². The van der Waals surface area contributed by atoms with Crippen LogP contribution in [0.15, 0.2) is 54.6 Å². The van der Waals surface area contributed by atoms with Gasteiger partial charge in [-0.25, -0.2) is 0 Å². The molecule has 0 saturated carbocycles. The Balaban J connectivity index is 1.60. The Morgan fingerprint density at radius 2 is 1.70 bits per heavy atom. The summed E-state index contributed by atoms with van der Waals surface area (Å²) in [6.07, 6.45) is 1.30. The minimum atomic E-state index is -0.312. The van der Waals surface area contributed by atoms with E-state index in [1.807, 2.05) is 54.6 Å². The highest BCUT2D eigenvalue weighted by molar-refractivity contribution is 6.14. The number of ether oxygens (including phenoxy) is 2. The molecule has 1 aromatic heterocycles. The monoisotopic (exact) mass is 363 g/mol. The molecule has 0 radical (unpaired) electrons. The number of benzene rings is 2. The van der Waals surface area contributed by atoms with Crippen molar-refractivity contribution in [2.24, 2.45) is 5.92 Å². The highest BCUT2D eigenvalue weighted by atomic mass is 16.5. The van der Waals surface area contributed by atoms with E-state index in [1.165, 1.54) is 0 Å². The molecule has 2 aromatic carbocycles. The summed E-state index contributed by atoms with van der Waals surface area (Å²) < 4.78 is 10.6. The summed E-state index contributed by atoms with van der Waals surface area (Å²) in [4.78, 5) is 28.6. The van der Waals surface area contributed by atoms with E-state index in [0.29, 0.717) is 31.6 Å². The molecule has 3 aromatic rings. The summed E-state index contributed by atoms with van der Waals surface area (Å²) in [5.41, 5.74) is 3.13. The van der Waals surface area contributed by atoms with Gasteiger partial charge in [-0.2, -0.15) is 0 Å². The van der Waals surface area contributed by atoms with Crippen LogP contribution in [-0.2, 0) is 14.3 Å². The number of Topliss-reactive ketones (excluding diaryl/α,β-unsaturated/α-hetero) is 1. The average Bonchev–Trinajstić information content (AvgIpc) is 3.13. The van der Waals surface area contributed by atoms with Gasteiger partial charge in [0.05, 0.1) is 17.2 Å². The van der Waals surface area contributed by atoms with E-state index >= 15 is 0 Å². The lowest BCUT2D eigenvalue weighted by Crippen LogP contribution is -2.27. The van der Waals surface area contributed by atoms with Crippen LogP contribution in [0.3, 0.4) is 0 Å². The fourth-order valence-corrected chi connectivity index (χ4v) is 3.51. The number of hydrogen-bond acceptors (Lipinski definition) is 4. The van der Waals surface area contributed by atoms with E-state index in [1.54, 1.807) is 0 Å². The molecule has 1 N–H and O–H groups in total. The summed E-state index contributed by atoms with van der Waals surface area (Å²) in [7, 11) is 0. The zero-order valence-electron chi connectivity index (χ0n) is 14.9. The van der Waals surface area contributed by atoms with Crippen LogP contribution in [0.25, 0.3) is 22.2 Å². The zero-order chi connectivity index (χ0) is 18.6. The Morgan fingerprint density at radius 3 is 2.48 bits per heavy atom. The molecule has 0 unspecified atom stereocenters. The van der Waals surface area contributed by atoms with Gasteiger partial charge in [0.25, 0.3) is 0 Å². The van der Waals surface area contributed by atoms with E-state index in [4.69, 9.17) is 9.47 Å². The van der Waals surface area contributed by atoms with Crippen molar-refractivity contribution in [2.45, 2.75) is 12.8 Å². The molecule has 1 aliphatic rings. The fraction of sp³-hybridized carbons (Fsp3) is 0.273. The third kappa shape index (κ3) is 3.64. The molecule has 2 heterocycles. The van der Waals surface area contributed by atoms with E-state index < -0.39 is 0 Å². The molecule has 27 heavy (non-hydrogen) atoms. The number of aromatic amines is 1. The second kappa shape index (κ2) is 7.76. The van der Waals surface area contributed by atoms with Gasteiger partial charge in [0.1, 0.15) is 0 Å². The molecule has 138 valence electrons. The van der Waals surface area contributed by atoms with Crippen molar-refractivity contribution in [1.82, 2.24) is 4.98 Å². The molecule has 5 heteroatoms. The van der Waals surface area contributed by atoms with E-state index in [9.17, 15) is 9.59 Å². The number of hydrogen-bond donors (Lipinski definition) is 1. The topological polar surface area (TPSA) is 68.4 Å². The molecule has 0 aliphatic carbocycles. The van der Waals surface area contributed by atoms with Crippen molar-refractivity contribution in [3.05, 3.63) is 60.2 Å². The zero-order valence-corrected chi connectivity index (χ0v) is 14.9. The summed E-state index contributed by atoms with van der Waals surface area (Å²) in [5.74, 6) is -0.692. The molecule has 5 nitrogen and oxygen atoms in total. The third-order valence-electron chi connectivity index (χ3n) is 4.95. The molecule has 0 spiro atoms. The fourth-order valence-electron chi connectivity index (χ4n) is 3.51. The number of para-hydroxylation sites is 1. The number of esters is 1. The van der Waals surface area contributed by atoms with Gasteiger partial charge in [-0.15, -0.1) is 0 Å². The van der Waals surface area contributed by atoms with Gasteiger partial charge in [-0.3, -0.25) is 9.59 Å². The number of H-pyrrole nitrogens is 1. The average molecular weight is 363 g/mol. The number of aromatic nitrogens is 1. The first-order valence-electron chi connectivity index (χ1n) is 9.18. The van der Waals surface area contributed by atoms with E-state index in [0.717, 1.165) is 22.2 Å². The van der Waals surface area contributed by atoms with Crippen LogP contribution in [0, 0.1) is 5.92 Å². The maximum Gasteiger partial charge on any atom is 0.309 e. The van der Waals surface area contributed by atoms with Gasteiger partial charge in [0, 0.05) is 24.1 Å². The number of ketones is 1. The van der Waals surface area contributed by atoms with Crippen LogP contribution in [0.4, 0.5) is 0 Å². The number of nitrogens with one attached hydrogen (secondary N) is 1. The highest BCUT2D eigenvalue weighted by Gasteiger charge is 2.25. The predicted molar refractivity (Wildman–Crippen MR) is 103 cm³/mol. The molecule has 1 aliphatic heterocycles. The third-order valence-corrected chi connectivity index (χ3v) is 4.95. The normalized spacial score (nSPS) is 15.0. The standard InChI is InChI=1S/C22H21NO4/c24-19(14-27-22(25)16-10-12-26-13-11-16)20-17-8-4-5-9-18(17)23-21(20)15-6-2-1-3-7-15/h1-9,16,23H,10-14H2. The van der Waals surface area contributed by atoms with E-state index in [-0.39, 0.29) is 24.3 Å². The quantitative estimate of drug-likeness (QED) is 0.550. The minimum absolute atomic E-state index is 0.178. The number of carbonyl (C=O) groups is 2. The van der Waals surface area contributed by atoms with Crippen LogP contribution in [0.1, 0.15) is 23.2 Å². The molecule has 1 fully saturated rings. The lowest BCUT2D eigenvalue weighted by atomic mass is 10.0. The summed E-state index contributed by atoms with van der Waals surface area (Å²) in [5, 5.41) is 0.837. The number of carbonyl (C=O) groups excluding carboxylic acids is 2. The van der Waals surface area contributed by atoms with E-state index in [2.05, 4.69) is 4.98 Å². The molecule has 4 rings (SSSR count). The summed E-state index contributed by atoms with van der Waals surface area (Å²) in [6, 6.07) is 17.4. The Labute approximate surface area is 157 Å². The lowest BCUT2D eigenvalue weighted by Gasteiger charge is -2.20. The van der Waals surface area contributed by atoms with Gasteiger partial charge in [0.2, 0.25) is 5.78 Å². The molecule has 0 amide bonds. The largest absolute Gasteiger partial charge is 0.457 e. The van der Waals surface area contributed by atoms with Crippen molar-refractivity contribution in [3.63, 3.8) is 0 Å². The van der Waals surface area contributed by atoms with Gasteiger partial charge >= 0.3 is 5.97 Å². The first-order valence-corrected chi connectivity index (χ1v) is 9.18. The lowest BCUT2D eigenvalue weighted by molar-refractivity contribution is -0.150. The van der Waals surface area contributed by atoms with Crippen molar-refractivity contribution in [2.75, 3.05) is 19.8 Å². The Hall–Kier alpha value is -2.92. The van der Waals surface area contributed by atoms with Gasteiger partial charge in [-0.1, -0.05) is 48.5 Å². The van der Waals surface area contributed by atoms with Gasteiger partial charge in [0.15, 0.2) is 6.61 Å². The number of fused-ring (bicyclic) bond motifs is 1. The summed E-state index contributed by atoms with van der Waals surface area (Å²) >= 11 is 0. The highest BCUT2D eigenvalue weighted by Crippen LogP contribution is 2.30. The maximum atomic E-state index is 13.0.